The van der Waals surface area contributed by atoms with E-state index < -0.39 is 19.7 Å². The van der Waals surface area contributed by atoms with E-state index >= 15 is 0 Å². The van der Waals surface area contributed by atoms with Crippen LogP contribution in [0.1, 0.15) is 22.6 Å². The maximum Gasteiger partial charge on any atom is 0.389 e. The van der Waals surface area contributed by atoms with Crippen molar-refractivity contribution in [2.24, 2.45) is 0 Å². The molecule has 21 heavy (non-hydrogen) atoms. The number of hydrogen-bond donors (Lipinski definition) is 0. The van der Waals surface area contributed by atoms with E-state index in [1.54, 1.807) is 22.7 Å². The molecule has 0 aromatic carbocycles. The first-order valence-electron chi connectivity index (χ1n) is 6.59. The highest BCUT2D eigenvalue weighted by molar-refractivity contribution is 7.81. The van der Waals surface area contributed by atoms with Crippen LogP contribution < -0.4 is 10.6 Å². The molecule has 0 N–H and O–H groups in total. The molecule has 0 amide bonds. The van der Waals surface area contributed by atoms with E-state index in [4.69, 9.17) is 0 Å². The van der Waals surface area contributed by atoms with Gasteiger partial charge < -0.3 is 4.57 Å². The molecule has 0 atom stereocenters. The molecule has 1 aliphatic rings. The van der Waals surface area contributed by atoms with Crippen LogP contribution in [0.3, 0.4) is 0 Å². The van der Waals surface area contributed by atoms with Crippen molar-refractivity contribution in [3.63, 3.8) is 0 Å². The van der Waals surface area contributed by atoms with Crippen LogP contribution in [0.15, 0.2) is 12.1 Å². The molecule has 2 aromatic rings. The zero-order valence-corrected chi connectivity index (χ0v) is 14.1. The van der Waals surface area contributed by atoms with E-state index in [1.807, 2.05) is 26.0 Å². The van der Waals surface area contributed by atoms with Crippen LogP contribution >= 0.6 is 29.8 Å². The molecule has 7 heteroatoms. The summed E-state index contributed by atoms with van der Waals surface area (Å²) in [5, 5.41) is 1.57. The smallest absolute Gasteiger partial charge is 0.314 e. The van der Waals surface area contributed by atoms with Crippen LogP contribution in [-0.2, 0) is 4.57 Å². The van der Waals surface area contributed by atoms with Crippen LogP contribution in [0.5, 0.6) is 0 Å². The summed E-state index contributed by atoms with van der Waals surface area (Å²) in [5.74, 6) is 0. The van der Waals surface area contributed by atoms with E-state index in [0.717, 1.165) is 30.1 Å². The maximum atomic E-state index is 13.4. The Morgan fingerprint density at radius 2 is 1.52 bits per heavy atom. The number of rotatable bonds is 3. The zero-order valence-electron chi connectivity index (χ0n) is 11.6. The first-order valence-corrected chi connectivity index (χ1v) is 10.1. The van der Waals surface area contributed by atoms with Gasteiger partial charge in [0.05, 0.1) is 9.75 Å². The summed E-state index contributed by atoms with van der Waals surface area (Å²) in [5.41, 5.74) is 0. The van der Waals surface area contributed by atoms with Crippen molar-refractivity contribution in [1.29, 1.82) is 0 Å². The minimum absolute atomic E-state index is 0.0799. The largest absolute Gasteiger partial charge is 0.389 e. The summed E-state index contributed by atoms with van der Waals surface area (Å²) in [6.45, 7) is 3.90. The van der Waals surface area contributed by atoms with Crippen molar-refractivity contribution in [2.75, 3.05) is 6.16 Å². The molecule has 0 unspecified atom stereocenters. The Morgan fingerprint density at radius 3 is 1.95 bits per heavy atom. The van der Waals surface area contributed by atoms with Crippen molar-refractivity contribution >= 4 is 40.4 Å². The van der Waals surface area contributed by atoms with E-state index in [0.29, 0.717) is 0 Å². The lowest BCUT2D eigenvalue weighted by atomic mass is 10.3. The third kappa shape index (κ3) is 2.62. The Bertz CT molecular complexity index is 692. The molecule has 3 rings (SSSR count). The molecule has 0 bridgehead atoms. The predicted molar refractivity (Wildman–Crippen MR) is 84.1 cm³/mol. The lowest BCUT2D eigenvalue weighted by molar-refractivity contribution is -0.134. The average molecular weight is 350 g/mol. The molecular weight excluding hydrogens is 336 g/mol. The third-order valence-electron chi connectivity index (χ3n) is 3.59. The van der Waals surface area contributed by atoms with Crippen LogP contribution in [0.4, 0.5) is 13.2 Å². The Hall–Kier alpha value is -0.580. The van der Waals surface area contributed by atoms with Gasteiger partial charge in [0.25, 0.3) is 0 Å². The lowest BCUT2D eigenvalue weighted by Crippen LogP contribution is -2.14. The van der Waals surface area contributed by atoms with Gasteiger partial charge in [-0.25, -0.2) is 0 Å². The van der Waals surface area contributed by atoms with Gasteiger partial charge in [-0.2, -0.15) is 13.2 Å². The Morgan fingerprint density at radius 1 is 1.05 bits per heavy atom. The number of halogens is 3. The van der Waals surface area contributed by atoms with Gasteiger partial charge in [-0.05, 0) is 32.4 Å². The van der Waals surface area contributed by atoms with Crippen LogP contribution in [0.2, 0.25) is 0 Å². The molecule has 0 saturated heterocycles. The molecule has 3 heterocycles. The first-order chi connectivity index (χ1) is 9.71. The fourth-order valence-electron chi connectivity index (χ4n) is 2.74. The number of thiophene rings is 2. The summed E-state index contributed by atoms with van der Waals surface area (Å²) >= 11 is 3.18. The lowest BCUT2D eigenvalue weighted by Gasteiger charge is -2.14. The highest BCUT2D eigenvalue weighted by atomic mass is 32.1. The zero-order chi connectivity index (χ0) is 15.4. The summed E-state index contributed by atoms with van der Waals surface area (Å²) in [6.07, 6.45) is -5.02. The quantitative estimate of drug-likeness (QED) is 0.707. The Kier molecular flexibility index (Phi) is 3.62. The minimum Gasteiger partial charge on any atom is -0.314 e. The number of aryl methyl sites for hydroxylation is 2. The summed E-state index contributed by atoms with van der Waals surface area (Å²) < 4.78 is 50.5. The van der Waals surface area contributed by atoms with Crippen molar-refractivity contribution < 1.29 is 17.7 Å². The molecule has 2 aromatic heterocycles. The van der Waals surface area contributed by atoms with Crippen molar-refractivity contribution in [3.05, 3.63) is 21.9 Å². The van der Waals surface area contributed by atoms with E-state index in [1.165, 1.54) is 0 Å². The molecule has 0 spiro atoms. The second-order valence-electron chi connectivity index (χ2n) is 5.32. The van der Waals surface area contributed by atoms with Gasteiger partial charge in [0.1, 0.15) is 7.14 Å². The fraction of sp³-hybridized carbons (Fsp3) is 0.429. The predicted octanol–water partition coefficient (Wildman–Crippen LogP) is 5.06. The van der Waals surface area contributed by atoms with Crippen LogP contribution in [0, 0.1) is 13.8 Å². The Balaban J connectivity index is 1.98. The molecule has 0 saturated carbocycles. The number of hydrogen-bond acceptors (Lipinski definition) is 3. The van der Waals surface area contributed by atoms with Gasteiger partial charge in [-0.1, -0.05) is 0 Å². The van der Waals surface area contributed by atoms with Crippen molar-refractivity contribution in [1.82, 2.24) is 0 Å². The van der Waals surface area contributed by atoms with E-state index in [2.05, 4.69) is 0 Å². The monoisotopic (exact) mass is 350 g/mol. The molecule has 0 aliphatic carbocycles. The standard InChI is InChI=1S/C14H14F3OPS2/c1-8-6-10-12(20-8)13-11(7-9(2)21-13)19(10,18)5-3-4-14(15,16)17/h6-7H,3-5H2,1-2H3. The van der Waals surface area contributed by atoms with Crippen LogP contribution in [-0.4, -0.2) is 12.3 Å². The maximum absolute atomic E-state index is 13.4. The highest BCUT2D eigenvalue weighted by Crippen LogP contribution is 2.57. The molecule has 1 aliphatic heterocycles. The average Bonchev–Trinajstić information content (AvgIpc) is 2.94. The van der Waals surface area contributed by atoms with Gasteiger partial charge in [-0.15, -0.1) is 22.7 Å². The van der Waals surface area contributed by atoms with Crippen molar-refractivity contribution in [3.8, 4) is 9.75 Å². The van der Waals surface area contributed by atoms with E-state index in [9.17, 15) is 17.7 Å². The molecule has 114 valence electrons. The van der Waals surface area contributed by atoms with Crippen LogP contribution in [0.25, 0.3) is 9.75 Å². The molecule has 0 fully saturated rings. The van der Waals surface area contributed by atoms with Crippen molar-refractivity contribution in [2.45, 2.75) is 32.9 Å². The number of alkyl halides is 3. The highest BCUT2D eigenvalue weighted by Gasteiger charge is 2.42. The Labute approximate surface area is 129 Å². The van der Waals surface area contributed by atoms with E-state index in [-0.39, 0.29) is 12.6 Å². The summed E-state index contributed by atoms with van der Waals surface area (Å²) in [4.78, 5) is 4.15. The second kappa shape index (κ2) is 4.97. The second-order valence-corrected chi connectivity index (χ2v) is 10.7. The molecular formula is C14H14F3OPS2. The SMILES string of the molecule is Cc1cc2c(s1)-c1sc(C)cc1P2(=O)CCCC(F)(F)F. The van der Waals surface area contributed by atoms with Gasteiger partial charge in [0.15, 0.2) is 0 Å². The fourth-order valence-corrected chi connectivity index (χ4v) is 9.23. The number of fused-ring (bicyclic) bond motifs is 3. The van der Waals surface area contributed by atoms with Gasteiger partial charge in [0, 0.05) is 32.9 Å². The van der Waals surface area contributed by atoms with Gasteiger partial charge >= 0.3 is 6.18 Å². The van der Waals surface area contributed by atoms with Gasteiger partial charge in [-0.3, -0.25) is 0 Å². The molecule has 1 nitrogen and oxygen atoms in total. The third-order valence-corrected chi connectivity index (χ3v) is 9.36. The van der Waals surface area contributed by atoms with Gasteiger partial charge in [0.2, 0.25) is 0 Å². The normalized spacial score (nSPS) is 16.0. The minimum atomic E-state index is -4.18. The summed E-state index contributed by atoms with van der Waals surface area (Å²) in [6, 6.07) is 3.80. The summed E-state index contributed by atoms with van der Waals surface area (Å²) in [7, 11) is -2.87. The topological polar surface area (TPSA) is 17.1 Å². The molecule has 0 radical (unpaired) electrons. The first kappa shape index (κ1) is 15.3.